The molecule has 0 aliphatic carbocycles. The highest BCUT2D eigenvalue weighted by atomic mass is 35.5. The van der Waals surface area contributed by atoms with E-state index in [1.807, 2.05) is 63.4 Å². The fourth-order valence-corrected chi connectivity index (χ4v) is 2.88. The van der Waals surface area contributed by atoms with Gasteiger partial charge in [0.15, 0.2) is 0 Å². The third-order valence-electron chi connectivity index (χ3n) is 4.35. The number of carbonyl (C=O) groups excluding carboxylic acids is 2. The van der Waals surface area contributed by atoms with E-state index in [1.54, 1.807) is 0 Å². The fourth-order valence-electron chi connectivity index (χ4n) is 2.88. The second-order valence-electron chi connectivity index (χ2n) is 6.90. The average Bonchev–Trinajstić information content (AvgIpc) is 2.62. The summed E-state index contributed by atoms with van der Waals surface area (Å²) in [7, 11) is 1.88. The maximum Gasteiger partial charge on any atom is 0.242 e. The topological polar surface area (TPSA) is 70.2 Å². The van der Waals surface area contributed by atoms with Crippen LogP contribution in [0.5, 0.6) is 0 Å². The lowest BCUT2D eigenvalue weighted by Crippen LogP contribution is -2.50. The van der Waals surface area contributed by atoms with E-state index in [4.69, 9.17) is 0 Å². The minimum absolute atomic E-state index is 0. The van der Waals surface area contributed by atoms with Crippen LogP contribution < -0.4 is 16.0 Å². The molecule has 0 aliphatic rings. The standard InChI is InChI=1S/C21H29N3O2.ClH/c1-15(2)20(21(26)23-12-6-11-22-3)24-19(25)14-16-9-10-17-7-4-5-8-18(17)13-16;/h4-5,7-10,13,15,20,22H,6,11-12,14H2,1-3H3,(H,23,26)(H,24,25);1H. The molecule has 1 atom stereocenters. The second kappa shape index (κ2) is 11.6. The molecule has 2 aromatic carbocycles. The molecule has 148 valence electrons. The quantitative estimate of drug-likeness (QED) is 0.575. The lowest BCUT2D eigenvalue weighted by atomic mass is 10.0. The van der Waals surface area contributed by atoms with Crippen molar-refractivity contribution in [2.75, 3.05) is 20.1 Å². The van der Waals surface area contributed by atoms with Crippen LogP contribution in [0.2, 0.25) is 0 Å². The van der Waals surface area contributed by atoms with Crippen molar-refractivity contribution in [3.8, 4) is 0 Å². The Bertz CT molecular complexity index is 749. The molecule has 6 heteroatoms. The van der Waals surface area contributed by atoms with Crippen molar-refractivity contribution in [1.82, 2.24) is 16.0 Å². The molecule has 0 spiro atoms. The summed E-state index contributed by atoms with van der Waals surface area (Å²) in [4.78, 5) is 24.8. The molecule has 1 unspecified atom stereocenters. The number of fused-ring (bicyclic) bond motifs is 1. The average molecular weight is 392 g/mol. The number of halogens is 1. The molecule has 2 amide bonds. The van der Waals surface area contributed by atoms with Crippen LogP contribution in [0.1, 0.15) is 25.8 Å². The summed E-state index contributed by atoms with van der Waals surface area (Å²) in [6.07, 6.45) is 1.12. The largest absolute Gasteiger partial charge is 0.354 e. The molecule has 0 saturated carbocycles. The maximum atomic E-state index is 12.4. The van der Waals surface area contributed by atoms with Gasteiger partial charge in [0.2, 0.25) is 11.8 Å². The van der Waals surface area contributed by atoms with Gasteiger partial charge in [-0.3, -0.25) is 9.59 Å². The normalized spacial score (nSPS) is 11.7. The summed E-state index contributed by atoms with van der Waals surface area (Å²) in [6, 6.07) is 13.6. The van der Waals surface area contributed by atoms with E-state index in [1.165, 1.54) is 0 Å². The predicted octanol–water partition coefficient (Wildman–Crippen LogP) is 2.67. The number of hydrogen-bond acceptors (Lipinski definition) is 3. The lowest BCUT2D eigenvalue weighted by molar-refractivity contribution is -0.129. The first-order chi connectivity index (χ1) is 12.5. The number of rotatable bonds is 9. The van der Waals surface area contributed by atoms with Crippen LogP contribution in [0.3, 0.4) is 0 Å². The van der Waals surface area contributed by atoms with Crippen LogP contribution in [-0.4, -0.2) is 38.0 Å². The predicted molar refractivity (Wildman–Crippen MR) is 113 cm³/mol. The van der Waals surface area contributed by atoms with Crippen LogP contribution in [0, 0.1) is 5.92 Å². The molecule has 2 aromatic rings. The first-order valence-corrected chi connectivity index (χ1v) is 9.20. The molecule has 27 heavy (non-hydrogen) atoms. The highest BCUT2D eigenvalue weighted by molar-refractivity contribution is 5.89. The van der Waals surface area contributed by atoms with Crippen molar-refractivity contribution in [3.05, 3.63) is 48.0 Å². The summed E-state index contributed by atoms with van der Waals surface area (Å²) >= 11 is 0. The Morgan fingerprint density at radius 2 is 1.70 bits per heavy atom. The maximum absolute atomic E-state index is 12.4. The van der Waals surface area contributed by atoms with Crippen LogP contribution in [0.4, 0.5) is 0 Å². The van der Waals surface area contributed by atoms with Crippen molar-refractivity contribution in [2.45, 2.75) is 32.7 Å². The van der Waals surface area contributed by atoms with E-state index in [9.17, 15) is 9.59 Å². The third kappa shape index (κ3) is 7.19. The number of benzene rings is 2. The number of nitrogens with one attached hydrogen (secondary N) is 3. The van der Waals surface area contributed by atoms with Crippen LogP contribution in [0.15, 0.2) is 42.5 Å². The summed E-state index contributed by atoms with van der Waals surface area (Å²) in [5.74, 6) is -0.229. The molecular formula is C21H30ClN3O2. The van der Waals surface area contributed by atoms with Gasteiger partial charge in [-0.2, -0.15) is 0 Å². The molecule has 0 aromatic heterocycles. The molecule has 0 fully saturated rings. The fraction of sp³-hybridized carbons (Fsp3) is 0.429. The van der Waals surface area contributed by atoms with Gasteiger partial charge in [-0.25, -0.2) is 0 Å². The number of amides is 2. The molecular weight excluding hydrogens is 362 g/mol. The van der Waals surface area contributed by atoms with Crippen molar-refractivity contribution < 1.29 is 9.59 Å². The molecule has 0 heterocycles. The molecule has 0 saturated heterocycles. The highest BCUT2D eigenvalue weighted by Crippen LogP contribution is 2.16. The minimum Gasteiger partial charge on any atom is -0.354 e. The van der Waals surface area contributed by atoms with Gasteiger partial charge in [0.25, 0.3) is 0 Å². The zero-order valence-electron chi connectivity index (χ0n) is 16.2. The van der Waals surface area contributed by atoms with Gasteiger partial charge < -0.3 is 16.0 Å². The van der Waals surface area contributed by atoms with Gasteiger partial charge in [-0.1, -0.05) is 56.3 Å². The number of carbonyl (C=O) groups is 2. The Kier molecular flexibility index (Phi) is 9.83. The Labute approximate surface area is 167 Å². The number of hydrogen-bond donors (Lipinski definition) is 3. The zero-order chi connectivity index (χ0) is 18.9. The van der Waals surface area contributed by atoms with Crippen LogP contribution >= 0.6 is 12.4 Å². The van der Waals surface area contributed by atoms with Crippen molar-refractivity contribution in [1.29, 1.82) is 0 Å². The van der Waals surface area contributed by atoms with Gasteiger partial charge in [-0.15, -0.1) is 12.4 Å². The summed E-state index contributed by atoms with van der Waals surface area (Å²) in [6.45, 7) is 5.33. The Balaban J connectivity index is 0.00000364. The third-order valence-corrected chi connectivity index (χ3v) is 4.35. The molecule has 2 rings (SSSR count). The molecule has 3 N–H and O–H groups in total. The SMILES string of the molecule is CNCCCNC(=O)C(NC(=O)Cc1ccc2ccccc2c1)C(C)C.Cl. The first kappa shape index (κ1) is 22.9. The van der Waals surface area contributed by atoms with E-state index in [2.05, 4.69) is 16.0 Å². The van der Waals surface area contributed by atoms with Crippen LogP contribution in [0.25, 0.3) is 10.8 Å². The summed E-state index contributed by atoms with van der Waals surface area (Å²) in [5, 5.41) is 11.1. The van der Waals surface area contributed by atoms with Crippen molar-refractivity contribution >= 4 is 35.0 Å². The molecule has 0 aliphatic heterocycles. The van der Waals surface area contributed by atoms with E-state index in [-0.39, 0.29) is 36.6 Å². The van der Waals surface area contributed by atoms with Gasteiger partial charge in [0, 0.05) is 6.54 Å². The molecule has 5 nitrogen and oxygen atoms in total. The van der Waals surface area contributed by atoms with Gasteiger partial charge in [-0.05, 0) is 42.3 Å². The molecule has 0 bridgehead atoms. The smallest absolute Gasteiger partial charge is 0.242 e. The molecule has 0 radical (unpaired) electrons. The van der Waals surface area contributed by atoms with Crippen molar-refractivity contribution in [3.63, 3.8) is 0 Å². The van der Waals surface area contributed by atoms with Crippen LogP contribution in [-0.2, 0) is 16.0 Å². The Morgan fingerprint density at radius 1 is 1.00 bits per heavy atom. The second-order valence-corrected chi connectivity index (χ2v) is 6.90. The van der Waals surface area contributed by atoms with E-state index < -0.39 is 6.04 Å². The van der Waals surface area contributed by atoms with Gasteiger partial charge in [0.1, 0.15) is 6.04 Å². The lowest BCUT2D eigenvalue weighted by Gasteiger charge is -2.22. The van der Waals surface area contributed by atoms with Crippen molar-refractivity contribution in [2.24, 2.45) is 5.92 Å². The zero-order valence-corrected chi connectivity index (χ0v) is 17.1. The summed E-state index contributed by atoms with van der Waals surface area (Å²) < 4.78 is 0. The monoisotopic (exact) mass is 391 g/mol. The highest BCUT2D eigenvalue weighted by Gasteiger charge is 2.23. The van der Waals surface area contributed by atoms with E-state index in [0.29, 0.717) is 6.54 Å². The minimum atomic E-state index is -0.516. The summed E-state index contributed by atoms with van der Waals surface area (Å²) in [5.41, 5.74) is 0.943. The van der Waals surface area contributed by atoms with E-state index >= 15 is 0 Å². The first-order valence-electron chi connectivity index (χ1n) is 9.20. The Morgan fingerprint density at radius 3 is 2.37 bits per heavy atom. The van der Waals surface area contributed by atoms with Gasteiger partial charge in [0.05, 0.1) is 6.42 Å². The Hall–Kier alpha value is -2.11. The van der Waals surface area contributed by atoms with E-state index in [0.717, 1.165) is 29.3 Å². The van der Waals surface area contributed by atoms with Gasteiger partial charge >= 0.3 is 0 Å².